The van der Waals surface area contributed by atoms with E-state index >= 15 is 0 Å². The van der Waals surface area contributed by atoms with Gasteiger partial charge in [0.25, 0.3) is 0 Å². The Bertz CT molecular complexity index is 1180. The van der Waals surface area contributed by atoms with Crippen molar-refractivity contribution in [3.8, 4) is 0 Å². The molecule has 0 heterocycles. The number of rotatable bonds is 10. The number of carbonyl (C=O) groups excluding carboxylic acids is 2. The van der Waals surface area contributed by atoms with Crippen LogP contribution in [0.4, 0.5) is 5.69 Å². The van der Waals surface area contributed by atoms with E-state index < -0.39 is 28.5 Å². The summed E-state index contributed by atoms with van der Waals surface area (Å²) in [6.45, 7) is 9.72. The van der Waals surface area contributed by atoms with Crippen molar-refractivity contribution in [2.24, 2.45) is 0 Å². The third kappa shape index (κ3) is 7.85. The van der Waals surface area contributed by atoms with Gasteiger partial charge in [-0.25, -0.2) is 8.42 Å². The molecular formula is C26H35Cl2N3O4S. The van der Waals surface area contributed by atoms with Crippen LogP contribution in [0.2, 0.25) is 10.0 Å². The van der Waals surface area contributed by atoms with Crippen LogP contribution in [0.3, 0.4) is 0 Å². The normalized spacial score (nSPS) is 12.7. The second-order valence-electron chi connectivity index (χ2n) is 9.64. The van der Waals surface area contributed by atoms with Crippen LogP contribution in [0.15, 0.2) is 42.5 Å². The van der Waals surface area contributed by atoms with Crippen LogP contribution in [-0.2, 0) is 31.6 Å². The minimum Gasteiger partial charge on any atom is -0.355 e. The van der Waals surface area contributed by atoms with Crippen molar-refractivity contribution in [2.75, 3.05) is 23.7 Å². The summed E-state index contributed by atoms with van der Waals surface area (Å²) >= 11 is 12.4. The lowest BCUT2D eigenvalue weighted by atomic mass is 9.87. The van der Waals surface area contributed by atoms with Crippen molar-refractivity contribution >= 4 is 50.7 Å². The largest absolute Gasteiger partial charge is 0.355 e. The van der Waals surface area contributed by atoms with Gasteiger partial charge in [0.1, 0.15) is 12.6 Å². The topological polar surface area (TPSA) is 86.8 Å². The zero-order valence-electron chi connectivity index (χ0n) is 21.6. The Morgan fingerprint density at radius 3 is 2.11 bits per heavy atom. The molecule has 0 aromatic heterocycles. The van der Waals surface area contributed by atoms with Gasteiger partial charge < -0.3 is 10.2 Å². The van der Waals surface area contributed by atoms with Gasteiger partial charge >= 0.3 is 0 Å². The van der Waals surface area contributed by atoms with Crippen molar-refractivity contribution in [2.45, 2.75) is 59.0 Å². The van der Waals surface area contributed by atoms with Gasteiger partial charge in [-0.15, -0.1) is 0 Å². The molecule has 0 spiro atoms. The van der Waals surface area contributed by atoms with Crippen LogP contribution in [0.1, 0.15) is 52.2 Å². The summed E-state index contributed by atoms with van der Waals surface area (Å²) in [6.07, 6.45) is 1.39. The SMILES string of the molecule is CCNC(=O)C(CC)N(Cc1ccc(Cl)cc1Cl)C(=O)CN(c1ccc(C(C)(C)C)cc1)S(C)(=O)=O. The van der Waals surface area contributed by atoms with Crippen LogP contribution in [0.5, 0.6) is 0 Å². The number of nitrogens with zero attached hydrogens (tertiary/aromatic N) is 2. The van der Waals surface area contributed by atoms with E-state index in [-0.39, 0.29) is 17.9 Å². The van der Waals surface area contributed by atoms with E-state index in [0.29, 0.717) is 34.3 Å². The monoisotopic (exact) mass is 555 g/mol. The minimum atomic E-state index is -3.80. The minimum absolute atomic E-state index is 0.0189. The van der Waals surface area contributed by atoms with Crippen LogP contribution >= 0.6 is 23.2 Å². The molecule has 7 nitrogen and oxygen atoms in total. The van der Waals surface area contributed by atoms with E-state index in [9.17, 15) is 18.0 Å². The van der Waals surface area contributed by atoms with Crippen molar-refractivity contribution in [1.29, 1.82) is 0 Å². The van der Waals surface area contributed by atoms with Crippen molar-refractivity contribution < 1.29 is 18.0 Å². The smallest absolute Gasteiger partial charge is 0.244 e. The molecule has 2 aromatic carbocycles. The number of likely N-dealkylation sites (N-methyl/N-ethyl adjacent to an activating group) is 1. The first kappa shape index (κ1) is 29.9. The molecule has 0 saturated carbocycles. The van der Waals surface area contributed by atoms with Gasteiger partial charge in [-0.05, 0) is 54.2 Å². The molecule has 36 heavy (non-hydrogen) atoms. The lowest BCUT2D eigenvalue weighted by Crippen LogP contribution is -2.52. The first-order chi connectivity index (χ1) is 16.7. The maximum Gasteiger partial charge on any atom is 0.244 e. The second-order valence-corrected chi connectivity index (χ2v) is 12.4. The third-order valence-corrected chi connectivity index (χ3v) is 7.52. The molecule has 10 heteroatoms. The summed E-state index contributed by atoms with van der Waals surface area (Å²) in [4.78, 5) is 27.9. The number of nitrogens with one attached hydrogen (secondary N) is 1. The highest BCUT2D eigenvalue weighted by molar-refractivity contribution is 7.92. The fourth-order valence-corrected chi connectivity index (χ4v) is 5.10. The predicted octanol–water partition coefficient (Wildman–Crippen LogP) is 5.00. The van der Waals surface area contributed by atoms with Gasteiger partial charge in [-0.2, -0.15) is 0 Å². The molecule has 0 bridgehead atoms. The van der Waals surface area contributed by atoms with Crippen molar-refractivity contribution in [1.82, 2.24) is 10.2 Å². The van der Waals surface area contributed by atoms with Gasteiger partial charge in [-0.3, -0.25) is 13.9 Å². The number of benzene rings is 2. The number of hydrogen-bond donors (Lipinski definition) is 1. The molecule has 0 radical (unpaired) electrons. The molecular weight excluding hydrogens is 521 g/mol. The summed E-state index contributed by atoms with van der Waals surface area (Å²) in [5, 5.41) is 3.55. The van der Waals surface area contributed by atoms with Gasteiger partial charge in [0.2, 0.25) is 21.8 Å². The van der Waals surface area contributed by atoms with Crippen LogP contribution < -0.4 is 9.62 Å². The van der Waals surface area contributed by atoms with Gasteiger partial charge in [-0.1, -0.05) is 69.1 Å². The highest BCUT2D eigenvalue weighted by atomic mass is 35.5. The molecule has 1 unspecified atom stereocenters. The lowest BCUT2D eigenvalue weighted by molar-refractivity contribution is -0.140. The molecule has 0 aliphatic rings. The summed E-state index contributed by atoms with van der Waals surface area (Å²) in [6, 6.07) is 11.2. The molecule has 2 aromatic rings. The van der Waals surface area contributed by atoms with E-state index in [1.54, 1.807) is 44.2 Å². The number of halogens is 2. The number of carbonyl (C=O) groups is 2. The molecule has 198 valence electrons. The van der Waals surface area contributed by atoms with Gasteiger partial charge in [0.15, 0.2) is 0 Å². The fourth-order valence-electron chi connectivity index (χ4n) is 3.79. The van der Waals surface area contributed by atoms with E-state index in [0.717, 1.165) is 16.1 Å². The Balaban J connectivity index is 2.47. The molecule has 0 fully saturated rings. The predicted molar refractivity (Wildman–Crippen MR) is 147 cm³/mol. The Kier molecular flexibility index (Phi) is 10.2. The maximum absolute atomic E-state index is 13.7. The Labute approximate surface area is 224 Å². The highest BCUT2D eigenvalue weighted by Gasteiger charge is 2.32. The van der Waals surface area contributed by atoms with Crippen molar-refractivity contribution in [3.05, 3.63) is 63.6 Å². The first-order valence-corrected chi connectivity index (χ1v) is 14.4. The maximum atomic E-state index is 13.7. The third-order valence-electron chi connectivity index (χ3n) is 5.79. The molecule has 2 amide bonds. The quantitative estimate of drug-likeness (QED) is 0.446. The van der Waals surface area contributed by atoms with Gasteiger partial charge in [0.05, 0.1) is 11.9 Å². The van der Waals surface area contributed by atoms with E-state index in [1.807, 2.05) is 12.1 Å². The molecule has 1 atom stereocenters. The van der Waals surface area contributed by atoms with Crippen LogP contribution in [0, 0.1) is 0 Å². The molecule has 0 aliphatic carbocycles. The van der Waals surface area contributed by atoms with Crippen LogP contribution in [0.25, 0.3) is 0 Å². The zero-order chi connectivity index (χ0) is 27.3. The fraction of sp³-hybridized carbons (Fsp3) is 0.462. The van der Waals surface area contributed by atoms with Crippen molar-refractivity contribution in [3.63, 3.8) is 0 Å². The Hall–Kier alpha value is -2.29. The number of sulfonamides is 1. The summed E-state index contributed by atoms with van der Waals surface area (Å²) < 4.78 is 26.5. The standard InChI is InChI=1S/C26H35Cl2N3O4S/c1-7-23(25(33)29-8-2)30(16-18-9-12-20(27)15-22(18)28)24(32)17-31(36(6,34)35)21-13-10-19(11-14-21)26(3,4)5/h9-15,23H,7-8,16-17H2,1-6H3,(H,29,33). The summed E-state index contributed by atoms with van der Waals surface area (Å²) in [7, 11) is -3.80. The lowest BCUT2D eigenvalue weighted by Gasteiger charge is -2.33. The van der Waals surface area contributed by atoms with E-state index in [4.69, 9.17) is 23.2 Å². The second kappa shape index (κ2) is 12.3. The zero-order valence-corrected chi connectivity index (χ0v) is 24.0. The molecule has 0 aliphatic heterocycles. The van der Waals surface area contributed by atoms with Gasteiger partial charge in [0, 0.05) is 23.1 Å². The Morgan fingerprint density at radius 2 is 1.64 bits per heavy atom. The number of anilines is 1. The highest BCUT2D eigenvalue weighted by Crippen LogP contribution is 2.27. The Morgan fingerprint density at radius 1 is 1.03 bits per heavy atom. The first-order valence-electron chi connectivity index (χ1n) is 11.8. The number of amides is 2. The summed E-state index contributed by atoms with van der Waals surface area (Å²) in [5.74, 6) is -0.844. The van der Waals surface area contributed by atoms with E-state index in [1.165, 1.54) is 4.90 Å². The summed E-state index contributed by atoms with van der Waals surface area (Å²) in [5.41, 5.74) is 1.89. The average molecular weight is 557 g/mol. The molecule has 2 rings (SSSR count). The molecule has 0 saturated heterocycles. The van der Waals surface area contributed by atoms with Crippen LogP contribution in [-0.4, -0.2) is 50.5 Å². The average Bonchev–Trinajstić information content (AvgIpc) is 2.77. The molecule has 1 N–H and O–H groups in total. The van der Waals surface area contributed by atoms with E-state index in [2.05, 4.69) is 26.1 Å². The number of hydrogen-bond acceptors (Lipinski definition) is 4.